The standard InChI is InChI=1S/C17H15ClN4S/c18-13-9-21-17(19)22-15(13)14-6-11-7-20-8-12(16(11)23-14)10-4-2-1-3-5-10/h1-6,9,12,20H,7-8H2,(H2,19,21,22). The highest BCUT2D eigenvalue weighted by molar-refractivity contribution is 7.15. The fourth-order valence-corrected chi connectivity index (χ4v) is 4.51. The predicted octanol–water partition coefficient (Wildman–Crippen LogP) is 3.68. The number of nitrogens with zero attached hydrogens (tertiary/aromatic N) is 2. The summed E-state index contributed by atoms with van der Waals surface area (Å²) >= 11 is 8.00. The molecule has 6 heteroatoms. The van der Waals surface area contributed by atoms with E-state index in [1.54, 1.807) is 17.5 Å². The molecule has 3 N–H and O–H groups in total. The average Bonchev–Trinajstić information content (AvgIpc) is 3.01. The van der Waals surface area contributed by atoms with Gasteiger partial charge in [0, 0.05) is 23.9 Å². The Morgan fingerprint density at radius 1 is 1.26 bits per heavy atom. The van der Waals surface area contributed by atoms with Crippen molar-refractivity contribution in [3.63, 3.8) is 0 Å². The lowest BCUT2D eigenvalue weighted by molar-refractivity contribution is 0.601. The summed E-state index contributed by atoms with van der Waals surface area (Å²) in [6, 6.07) is 12.7. The Morgan fingerprint density at radius 3 is 2.91 bits per heavy atom. The Labute approximate surface area is 143 Å². The zero-order valence-electron chi connectivity index (χ0n) is 12.3. The Hall–Kier alpha value is -1.95. The lowest BCUT2D eigenvalue weighted by Crippen LogP contribution is -2.27. The van der Waals surface area contributed by atoms with E-state index in [2.05, 4.69) is 45.6 Å². The summed E-state index contributed by atoms with van der Waals surface area (Å²) in [5.74, 6) is 0.602. The second-order valence-electron chi connectivity index (χ2n) is 5.52. The van der Waals surface area contributed by atoms with Crippen LogP contribution in [0.3, 0.4) is 0 Å². The van der Waals surface area contributed by atoms with E-state index in [4.69, 9.17) is 17.3 Å². The molecule has 1 unspecified atom stereocenters. The van der Waals surface area contributed by atoms with Crippen LogP contribution in [0.2, 0.25) is 5.02 Å². The molecule has 23 heavy (non-hydrogen) atoms. The van der Waals surface area contributed by atoms with E-state index in [0.29, 0.717) is 16.6 Å². The zero-order valence-corrected chi connectivity index (χ0v) is 13.9. The van der Waals surface area contributed by atoms with Gasteiger partial charge in [-0.2, -0.15) is 0 Å². The summed E-state index contributed by atoms with van der Waals surface area (Å²) in [6.45, 7) is 1.81. The highest BCUT2D eigenvalue weighted by atomic mass is 35.5. The van der Waals surface area contributed by atoms with Gasteiger partial charge in [0.05, 0.1) is 16.1 Å². The van der Waals surface area contributed by atoms with Crippen LogP contribution in [0.25, 0.3) is 10.6 Å². The number of anilines is 1. The van der Waals surface area contributed by atoms with Gasteiger partial charge in [-0.3, -0.25) is 0 Å². The molecule has 1 aromatic carbocycles. The maximum atomic E-state index is 6.26. The molecule has 4 rings (SSSR count). The van der Waals surface area contributed by atoms with Crippen LogP contribution in [0.5, 0.6) is 0 Å². The summed E-state index contributed by atoms with van der Waals surface area (Å²) < 4.78 is 0. The van der Waals surface area contributed by atoms with Crippen molar-refractivity contribution in [1.82, 2.24) is 15.3 Å². The van der Waals surface area contributed by atoms with Gasteiger partial charge in [0.2, 0.25) is 5.95 Å². The maximum absolute atomic E-state index is 6.26. The minimum absolute atomic E-state index is 0.244. The first-order valence-corrected chi connectivity index (χ1v) is 8.58. The summed E-state index contributed by atoms with van der Waals surface area (Å²) in [5, 5.41) is 4.03. The van der Waals surface area contributed by atoms with E-state index in [9.17, 15) is 0 Å². The van der Waals surface area contributed by atoms with Gasteiger partial charge < -0.3 is 11.1 Å². The smallest absolute Gasteiger partial charge is 0.220 e. The first kappa shape index (κ1) is 14.6. The summed E-state index contributed by atoms with van der Waals surface area (Å²) in [6.07, 6.45) is 1.56. The van der Waals surface area contributed by atoms with Crippen molar-refractivity contribution in [3.05, 3.63) is 63.6 Å². The van der Waals surface area contributed by atoms with Crippen molar-refractivity contribution in [1.29, 1.82) is 0 Å². The SMILES string of the molecule is Nc1ncc(Cl)c(-c2cc3c(s2)C(c2ccccc2)CNC3)n1. The van der Waals surface area contributed by atoms with E-state index in [0.717, 1.165) is 18.0 Å². The number of benzene rings is 1. The molecule has 3 heterocycles. The van der Waals surface area contributed by atoms with Gasteiger partial charge in [-0.25, -0.2) is 9.97 Å². The number of thiophene rings is 1. The topological polar surface area (TPSA) is 63.8 Å². The molecule has 1 aliphatic rings. The van der Waals surface area contributed by atoms with Crippen molar-refractivity contribution in [2.75, 3.05) is 12.3 Å². The quantitative estimate of drug-likeness (QED) is 0.745. The van der Waals surface area contributed by atoms with Gasteiger partial charge in [0.25, 0.3) is 0 Å². The maximum Gasteiger partial charge on any atom is 0.220 e. The number of hydrogen-bond donors (Lipinski definition) is 2. The van der Waals surface area contributed by atoms with Crippen molar-refractivity contribution in [2.45, 2.75) is 12.5 Å². The highest BCUT2D eigenvalue weighted by Gasteiger charge is 2.25. The molecule has 4 nitrogen and oxygen atoms in total. The van der Waals surface area contributed by atoms with Crippen molar-refractivity contribution in [3.8, 4) is 10.6 Å². The first-order chi connectivity index (χ1) is 11.2. The molecular weight excluding hydrogens is 328 g/mol. The molecule has 1 atom stereocenters. The lowest BCUT2D eigenvalue weighted by Gasteiger charge is -2.23. The van der Waals surface area contributed by atoms with Gasteiger partial charge in [-0.05, 0) is 17.2 Å². The second-order valence-corrected chi connectivity index (χ2v) is 7.01. The largest absolute Gasteiger partial charge is 0.368 e. The van der Waals surface area contributed by atoms with Crippen LogP contribution >= 0.6 is 22.9 Å². The minimum Gasteiger partial charge on any atom is -0.368 e. The molecule has 0 spiro atoms. The third kappa shape index (κ3) is 2.72. The number of nitrogens with one attached hydrogen (secondary N) is 1. The molecule has 0 bridgehead atoms. The van der Waals surface area contributed by atoms with Crippen LogP contribution in [-0.4, -0.2) is 16.5 Å². The number of rotatable bonds is 2. The molecule has 0 radical (unpaired) electrons. The lowest BCUT2D eigenvalue weighted by atomic mass is 9.92. The first-order valence-electron chi connectivity index (χ1n) is 7.39. The minimum atomic E-state index is 0.244. The molecule has 0 fully saturated rings. The Kier molecular flexibility index (Phi) is 3.77. The predicted molar refractivity (Wildman–Crippen MR) is 94.8 cm³/mol. The molecule has 0 saturated heterocycles. The van der Waals surface area contributed by atoms with Gasteiger partial charge in [0.15, 0.2) is 0 Å². The summed E-state index contributed by atoms with van der Waals surface area (Å²) in [5.41, 5.74) is 9.06. The fourth-order valence-electron chi connectivity index (χ4n) is 2.94. The van der Waals surface area contributed by atoms with Crippen LogP contribution in [0, 0.1) is 0 Å². The van der Waals surface area contributed by atoms with E-state index in [1.165, 1.54) is 16.0 Å². The molecule has 1 aliphatic heterocycles. The van der Waals surface area contributed by atoms with Crippen LogP contribution in [0.15, 0.2) is 42.6 Å². The van der Waals surface area contributed by atoms with Crippen LogP contribution in [-0.2, 0) is 6.54 Å². The molecular formula is C17H15ClN4S. The van der Waals surface area contributed by atoms with Gasteiger partial charge in [-0.15, -0.1) is 11.3 Å². The fraction of sp³-hybridized carbons (Fsp3) is 0.176. The number of nitrogens with two attached hydrogens (primary N) is 1. The van der Waals surface area contributed by atoms with Crippen molar-refractivity contribution < 1.29 is 0 Å². The van der Waals surface area contributed by atoms with E-state index < -0.39 is 0 Å². The molecule has 3 aromatic rings. The Bertz CT molecular complexity index is 847. The summed E-state index contributed by atoms with van der Waals surface area (Å²) in [7, 11) is 0. The molecule has 0 amide bonds. The van der Waals surface area contributed by atoms with Crippen LogP contribution in [0.1, 0.15) is 21.9 Å². The van der Waals surface area contributed by atoms with E-state index in [-0.39, 0.29) is 5.95 Å². The Balaban J connectivity index is 1.80. The summed E-state index contributed by atoms with van der Waals surface area (Å²) in [4.78, 5) is 10.7. The van der Waals surface area contributed by atoms with E-state index in [1.807, 2.05) is 6.07 Å². The van der Waals surface area contributed by atoms with E-state index >= 15 is 0 Å². The number of hydrogen-bond acceptors (Lipinski definition) is 5. The number of aromatic nitrogens is 2. The third-order valence-electron chi connectivity index (χ3n) is 4.02. The average molecular weight is 343 g/mol. The van der Waals surface area contributed by atoms with Gasteiger partial charge in [0.1, 0.15) is 5.69 Å². The molecule has 116 valence electrons. The second kappa shape index (κ2) is 5.92. The van der Waals surface area contributed by atoms with Gasteiger partial charge >= 0.3 is 0 Å². The highest BCUT2D eigenvalue weighted by Crippen LogP contribution is 2.41. The monoisotopic (exact) mass is 342 g/mol. The van der Waals surface area contributed by atoms with Crippen molar-refractivity contribution >= 4 is 28.9 Å². The zero-order chi connectivity index (χ0) is 15.8. The number of halogens is 1. The van der Waals surface area contributed by atoms with Crippen molar-refractivity contribution in [2.24, 2.45) is 0 Å². The van der Waals surface area contributed by atoms with Crippen LogP contribution < -0.4 is 11.1 Å². The number of nitrogen functional groups attached to an aromatic ring is 1. The Morgan fingerprint density at radius 2 is 2.09 bits per heavy atom. The molecule has 2 aromatic heterocycles. The van der Waals surface area contributed by atoms with Crippen LogP contribution in [0.4, 0.5) is 5.95 Å². The third-order valence-corrected chi connectivity index (χ3v) is 5.59. The molecule has 0 aliphatic carbocycles. The number of fused-ring (bicyclic) bond motifs is 1. The van der Waals surface area contributed by atoms with Gasteiger partial charge in [-0.1, -0.05) is 41.9 Å². The normalized spacial score (nSPS) is 17.0. The molecule has 0 saturated carbocycles.